The lowest BCUT2D eigenvalue weighted by molar-refractivity contribution is -0.148. The largest absolute Gasteiger partial charge is 0.467 e. The van der Waals surface area contributed by atoms with E-state index in [0.29, 0.717) is 12.1 Å². The van der Waals surface area contributed by atoms with Gasteiger partial charge in [0.25, 0.3) is 0 Å². The Morgan fingerprint density at radius 1 is 1.30 bits per heavy atom. The summed E-state index contributed by atoms with van der Waals surface area (Å²) >= 11 is 0. The zero-order valence-electron chi connectivity index (χ0n) is 12.6. The van der Waals surface area contributed by atoms with Gasteiger partial charge in [-0.3, -0.25) is 0 Å². The summed E-state index contributed by atoms with van der Waals surface area (Å²) in [5, 5.41) is 3.04. The lowest BCUT2D eigenvalue weighted by atomic mass is 9.87. The number of nitrogens with one attached hydrogen (secondary N) is 1. The van der Waals surface area contributed by atoms with Crippen LogP contribution in [0.2, 0.25) is 0 Å². The molecule has 1 N–H and O–H groups in total. The van der Waals surface area contributed by atoms with Crippen molar-refractivity contribution in [1.82, 2.24) is 0 Å². The first-order chi connectivity index (χ1) is 9.22. The Balaban J connectivity index is 3.03. The Bertz CT molecular complexity index is 476. The van der Waals surface area contributed by atoms with Crippen LogP contribution in [0.4, 0.5) is 10.1 Å². The van der Waals surface area contributed by atoms with Crippen LogP contribution in [0.3, 0.4) is 0 Å². The maximum absolute atomic E-state index is 13.2. The van der Waals surface area contributed by atoms with Gasteiger partial charge in [-0.2, -0.15) is 0 Å². The van der Waals surface area contributed by atoms with Crippen molar-refractivity contribution < 1.29 is 18.7 Å². The van der Waals surface area contributed by atoms with Gasteiger partial charge in [-0.25, -0.2) is 9.18 Å². The second kappa shape index (κ2) is 6.22. The van der Waals surface area contributed by atoms with Crippen LogP contribution in [-0.2, 0) is 14.3 Å². The highest BCUT2D eigenvalue weighted by atomic mass is 19.1. The van der Waals surface area contributed by atoms with E-state index in [1.807, 2.05) is 13.8 Å². The van der Waals surface area contributed by atoms with Gasteiger partial charge in [0.1, 0.15) is 11.4 Å². The van der Waals surface area contributed by atoms with Crippen LogP contribution in [0, 0.1) is 5.82 Å². The molecule has 0 aliphatic rings. The number of hydrogen-bond acceptors (Lipinski definition) is 4. The van der Waals surface area contributed by atoms with Gasteiger partial charge in [0, 0.05) is 19.2 Å². The molecule has 0 aliphatic carbocycles. The van der Waals surface area contributed by atoms with E-state index in [2.05, 4.69) is 5.32 Å². The van der Waals surface area contributed by atoms with Crippen molar-refractivity contribution in [2.45, 2.75) is 38.3 Å². The molecule has 1 aromatic rings. The SMILES string of the molecule is COC(=O)C(C)(CC(C)(C)OC)Nc1cccc(F)c1. The van der Waals surface area contributed by atoms with E-state index in [1.165, 1.54) is 19.2 Å². The number of halogens is 1. The van der Waals surface area contributed by atoms with Crippen molar-refractivity contribution in [3.05, 3.63) is 30.1 Å². The molecule has 0 saturated heterocycles. The van der Waals surface area contributed by atoms with Crippen LogP contribution in [-0.4, -0.2) is 31.3 Å². The first kappa shape index (κ1) is 16.4. The summed E-state index contributed by atoms with van der Waals surface area (Å²) in [7, 11) is 2.91. The molecule has 0 fully saturated rings. The zero-order chi connectivity index (χ0) is 15.4. The minimum absolute atomic E-state index is 0.367. The van der Waals surface area contributed by atoms with Gasteiger partial charge in [-0.15, -0.1) is 0 Å². The summed E-state index contributed by atoms with van der Waals surface area (Å²) in [5.74, 6) is -0.792. The molecule has 0 saturated carbocycles. The predicted molar refractivity (Wildman–Crippen MR) is 76.1 cm³/mol. The predicted octanol–water partition coefficient (Wildman–Crippen LogP) is 2.98. The molecule has 4 nitrogen and oxygen atoms in total. The normalized spacial score (nSPS) is 14.5. The molecule has 0 spiro atoms. The van der Waals surface area contributed by atoms with Crippen LogP contribution in [0.1, 0.15) is 27.2 Å². The number of benzene rings is 1. The van der Waals surface area contributed by atoms with Crippen LogP contribution >= 0.6 is 0 Å². The second-order valence-electron chi connectivity index (χ2n) is 5.60. The second-order valence-corrected chi connectivity index (χ2v) is 5.60. The standard InChI is InChI=1S/C15H22FNO3/c1-14(2,20-5)10-15(3,13(18)19-4)17-12-8-6-7-11(16)9-12/h6-9,17H,10H2,1-5H3. The number of carbonyl (C=O) groups excluding carboxylic acids is 1. The van der Waals surface area contributed by atoms with Gasteiger partial charge in [0.2, 0.25) is 0 Å². The third-order valence-electron chi connectivity index (χ3n) is 3.21. The first-order valence-corrected chi connectivity index (χ1v) is 6.40. The Kier molecular flexibility index (Phi) is 5.11. The van der Waals surface area contributed by atoms with E-state index in [4.69, 9.17) is 9.47 Å². The fourth-order valence-electron chi connectivity index (χ4n) is 2.20. The Hall–Kier alpha value is -1.62. The average molecular weight is 283 g/mol. The lowest BCUT2D eigenvalue weighted by Gasteiger charge is -2.35. The van der Waals surface area contributed by atoms with Gasteiger partial charge in [0.05, 0.1) is 12.7 Å². The molecule has 0 amide bonds. The molecule has 0 heterocycles. The average Bonchev–Trinajstić information content (AvgIpc) is 2.37. The highest BCUT2D eigenvalue weighted by molar-refractivity contribution is 5.84. The minimum atomic E-state index is -1.01. The molecule has 0 aliphatic heterocycles. The molecular formula is C15H22FNO3. The Morgan fingerprint density at radius 2 is 1.95 bits per heavy atom. The molecule has 5 heteroatoms. The van der Waals surface area contributed by atoms with Gasteiger partial charge in [0.15, 0.2) is 0 Å². The molecule has 0 aromatic heterocycles. The quantitative estimate of drug-likeness (QED) is 0.815. The molecule has 112 valence electrons. The van der Waals surface area contributed by atoms with E-state index in [1.54, 1.807) is 26.2 Å². The Morgan fingerprint density at radius 3 is 2.45 bits per heavy atom. The number of esters is 1. The van der Waals surface area contributed by atoms with Crippen LogP contribution in [0.25, 0.3) is 0 Å². The lowest BCUT2D eigenvalue weighted by Crippen LogP contribution is -2.49. The maximum atomic E-state index is 13.2. The number of carbonyl (C=O) groups is 1. The molecule has 20 heavy (non-hydrogen) atoms. The van der Waals surface area contributed by atoms with Gasteiger partial charge in [-0.1, -0.05) is 6.07 Å². The summed E-state index contributed by atoms with van der Waals surface area (Å²) in [6.45, 7) is 5.47. The summed E-state index contributed by atoms with van der Waals surface area (Å²) < 4.78 is 23.5. The summed E-state index contributed by atoms with van der Waals surface area (Å²) in [4.78, 5) is 12.1. The number of hydrogen-bond donors (Lipinski definition) is 1. The summed E-state index contributed by atoms with van der Waals surface area (Å²) in [5.41, 5.74) is -1.02. The van der Waals surface area contributed by atoms with E-state index >= 15 is 0 Å². The fraction of sp³-hybridized carbons (Fsp3) is 0.533. The molecular weight excluding hydrogens is 261 g/mol. The van der Waals surface area contributed by atoms with Gasteiger partial charge >= 0.3 is 5.97 Å². The van der Waals surface area contributed by atoms with Crippen molar-refractivity contribution in [2.24, 2.45) is 0 Å². The molecule has 1 rings (SSSR count). The Labute approximate surface area is 119 Å². The maximum Gasteiger partial charge on any atom is 0.331 e. The number of ether oxygens (including phenoxy) is 2. The van der Waals surface area contributed by atoms with E-state index in [0.717, 1.165) is 0 Å². The van der Waals surface area contributed by atoms with Crippen molar-refractivity contribution >= 4 is 11.7 Å². The minimum Gasteiger partial charge on any atom is -0.467 e. The van der Waals surface area contributed by atoms with Crippen molar-refractivity contribution in [1.29, 1.82) is 0 Å². The van der Waals surface area contributed by atoms with E-state index in [-0.39, 0.29) is 5.82 Å². The van der Waals surface area contributed by atoms with Crippen molar-refractivity contribution in [2.75, 3.05) is 19.5 Å². The molecule has 1 atom stereocenters. The number of anilines is 1. The summed E-state index contributed by atoms with van der Waals surface area (Å²) in [6.07, 6.45) is 0.375. The fourth-order valence-corrected chi connectivity index (χ4v) is 2.20. The van der Waals surface area contributed by atoms with Crippen LogP contribution in [0.15, 0.2) is 24.3 Å². The van der Waals surface area contributed by atoms with Gasteiger partial charge < -0.3 is 14.8 Å². The number of methoxy groups -OCH3 is 2. The molecule has 1 aromatic carbocycles. The van der Waals surface area contributed by atoms with E-state index in [9.17, 15) is 9.18 Å². The van der Waals surface area contributed by atoms with Crippen LogP contribution in [0.5, 0.6) is 0 Å². The third-order valence-corrected chi connectivity index (χ3v) is 3.21. The highest BCUT2D eigenvalue weighted by Crippen LogP contribution is 2.28. The third kappa shape index (κ3) is 4.20. The van der Waals surface area contributed by atoms with Crippen molar-refractivity contribution in [3.8, 4) is 0 Å². The molecule has 1 unspecified atom stereocenters. The number of rotatable bonds is 6. The smallest absolute Gasteiger partial charge is 0.331 e. The van der Waals surface area contributed by atoms with Crippen molar-refractivity contribution in [3.63, 3.8) is 0 Å². The highest BCUT2D eigenvalue weighted by Gasteiger charge is 2.40. The van der Waals surface area contributed by atoms with Gasteiger partial charge in [-0.05, 0) is 39.0 Å². The van der Waals surface area contributed by atoms with E-state index < -0.39 is 17.1 Å². The zero-order valence-corrected chi connectivity index (χ0v) is 12.6. The first-order valence-electron chi connectivity index (χ1n) is 6.40. The molecule has 0 bridgehead atoms. The summed E-state index contributed by atoms with van der Waals surface area (Å²) in [6, 6.07) is 5.96. The topological polar surface area (TPSA) is 47.6 Å². The molecule has 0 radical (unpaired) electrons. The van der Waals surface area contributed by atoms with Crippen LogP contribution < -0.4 is 5.32 Å². The monoisotopic (exact) mass is 283 g/mol.